The molecule has 0 spiro atoms. The van der Waals surface area contributed by atoms with Gasteiger partial charge in [-0.2, -0.15) is 0 Å². The lowest BCUT2D eigenvalue weighted by atomic mass is 10.0. The van der Waals surface area contributed by atoms with E-state index in [1.54, 1.807) is 0 Å². The van der Waals surface area contributed by atoms with E-state index >= 15 is 0 Å². The van der Waals surface area contributed by atoms with Gasteiger partial charge in [-0.25, -0.2) is 0 Å². The summed E-state index contributed by atoms with van der Waals surface area (Å²) >= 11 is 0. The molecule has 102 valence electrons. The fourth-order valence-electron chi connectivity index (χ4n) is 1.99. The summed E-state index contributed by atoms with van der Waals surface area (Å²) in [5, 5.41) is 14.6. The van der Waals surface area contributed by atoms with Gasteiger partial charge in [-0.1, -0.05) is 6.07 Å². The van der Waals surface area contributed by atoms with Gasteiger partial charge in [0.15, 0.2) is 0 Å². The van der Waals surface area contributed by atoms with Crippen molar-refractivity contribution in [2.45, 2.75) is 39.3 Å². The molecule has 0 bridgehead atoms. The van der Waals surface area contributed by atoms with Crippen molar-refractivity contribution in [2.75, 3.05) is 6.54 Å². The topological polar surface area (TPSA) is 45.2 Å². The maximum absolute atomic E-state index is 10.2. The summed E-state index contributed by atoms with van der Waals surface area (Å²) < 4.78 is 0. The number of rotatable bonds is 3. The van der Waals surface area contributed by atoms with Gasteiger partial charge < -0.3 is 10.4 Å². The Bertz CT molecular complexity index is 572. The molecule has 0 amide bonds. The molecule has 2 aromatic rings. The minimum absolute atomic E-state index is 0.00989. The zero-order chi connectivity index (χ0) is 14.0. The predicted octanol–water partition coefficient (Wildman–Crippen LogP) is 2.96. The normalized spacial score (nSPS) is 13.7. The quantitative estimate of drug-likeness (QED) is 0.889. The van der Waals surface area contributed by atoms with Crippen molar-refractivity contribution >= 4 is 10.9 Å². The Kier molecular flexibility index (Phi) is 3.88. The van der Waals surface area contributed by atoms with Gasteiger partial charge in [0, 0.05) is 23.7 Å². The molecule has 0 saturated heterocycles. The number of β-amino-alcohol motifs (C(OH)–C–C–N with tert-alkyl or cyclic N) is 1. The summed E-state index contributed by atoms with van der Waals surface area (Å²) in [6.45, 7) is 8.85. The van der Waals surface area contributed by atoms with Crippen LogP contribution in [0.3, 0.4) is 0 Å². The number of nitrogens with zero attached hydrogens (tertiary/aromatic N) is 1. The van der Waals surface area contributed by atoms with Gasteiger partial charge in [-0.3, -0.25) is 4.98 Å². The summed E-state index contributed by atoms with van der Waals surface area (Å²) in [4.78, 5) is 4.37. The number of hydrogen-bond donors (Lipinski definition) is 2. The van der Waals surface area contributed by atoms with Crippen molar-refractivity contribution in [3.05, 3.63) is 41.6 Å². The minimum atomic E-state index is -0.496. The number of aromatic nitrogens is 1. The molecule has 0 fully saturated rings. The van der Waals surface area contributed by atoms with Gasteiger partial charge in [0.05, 0.1) is 11.6 Å². The van der Waals surface area contributed by atoms with Crippen molar-refractivity contribution in [1.29, 1.82) is 0 Å². The molecule has 1 aromatic heterocycles. The summed E-state index contributed by atoms with van der Waals surface area (Å²) in [6.07, 6.45) is 1.36. The van der Waals surface area contributed by atoms with E-state index in [9.17, 15) is 5.11 Å². The molecule has 1 aromatic carbocycles. The van der Waals surface area contributed by atoms with Crippen LogP contribution in [0.2, 0.25) is 0 Å². The van der Waals surface area contributed by atoms with Gasteiger partial charge in [-0.15, -0.1) is 0 Å². The second kappa shape index (κ2) is 5.27. The summed E-state index contributed by atoms with van der Waals surface area (Å²) in [7, 11) is 0. The van der Waals surface area contributed by atoms with E-state index in [-0.39, 0.29) is 5.54 Å². The number of hydrogen-bond acceptors (Lipinski definition) is 3. The van der Waals surface area contributed by atoms with Crippen LogP contribution in [0.5, 0.6) is 0 Å². The van der Waals surface area contributed by atoms with Gasteiger partial charge >= 0.3 is 0 Å². The zero-order valence-corrected chi connectivity index (χ0v) is 12.1. The first-order valence-electron chi connectivity index (χ1n) is 6.64. The van der Waals surface area contributed by atoms with Crippen LogP contribution in [0.1, 0.15) is 38.0 Å². The Morgan fingerprint density at radius 1 is 1.26 bits per heavy atom. The van der Waals surface area contributed by atoms with Crippen molar-refractivity contribution in [2.24, 2.45) is 0 Å². The Labute approximate surface area is 114 Å². The zero-order valence-electron chi connectivity index (χ0n) is 12.1. The lowest BCUT2D eigenvalue weighted by Gasteiger charge is -2.23. The molecule has 0 radical (unpaired) electrons. The lowest BCUT2D eigenvalue weighted by molar-refractivity contribution is 0.163. The third-order valence-corrected chi connectivity index (χ3v) is 3.05. The Balaban J connectivity index is 2.20. The van der Waals surface area contributed by atoms with Crippen molar-refractivity contribution in [1.82, 2.24) is 10.3 Å². The average molecular weight is 258 g/mol. The Morgan fingerprint density at radius 3 is 2.68 bits per heavy atom. The van der Waals surface area contributed by atoms with E-state index in [4.69, 9.17) is 0 Å². The number of pyridine rings is 1. The molecule has 3 heteroatoms. The first-order chi connectivity index (χ1) is 8.85. The molecule has 19 heavy (non-hydrogen) atoms. The maximum atomic E-state index is 10.2. The molecule has 0 saturated carbocycles. The van der Waals surface area contributed by atoms with Crippen molar-refractivity contribution in [3.63, 3.8) is 0 Å². The molecule has 3 nitrogen and oxygen atoms in total. The lowest BCUT2D eigenvalue weighted by Crippen LogP contribution is -2.38. The fourth-order valence-corrected chi connectivity index (χ4v) is 1.99. The minimum Gasteiger partial charge on any atom is -0.387 e. The van der Waals surface area contributed by atoms with Gasteiger partial charge in [0.25, 0.3) is 0 Å². The SMILES string of the molecule is Cc1cnc2ccc([C@@H](O)CNC(C)(C)C)cc2c1. The van der Waals surface area contributed by atoms with E-state index in [0.29, 0.717) is 6.54 Å². The standard InChI is InChI=1S/C16H22N2O/c1-11-7-13-8-12(5-6-14(13)17-9-11)15(19)10-18-16(2,3)4/h5-9,15,18-19H,10H2,1-4H3/t15-/m0/s1. The van der Waals surface area contributed by atoms with Crippen LogP contribution in [0.15, 0.2) is 30.5 Å². The largest absolute Gasteiger partial charge is 0.387 e. The number of aliphatic hydroxyl groups is 1. The summed E-state index contributed by atoms with van der Waals surface area (Å²) in [5.41, 5.74) is 3.03. The molecule has 0 aliphatic rings. The number of fused-ring (bicyclic) bond motifs is 1. The smallest absolute Gasteiger partial charge is 0.0914 e. The summed E-state index contributed by atoms with van der Waals surface area (Å²) in [6, 6.07) is 8.02. The first kappa shape index (κ1) is 14.0. The molecule has 1 heterocycles. The molecular formula is C16H22N2O. The molecule has 2 N–H and O–H groups in total. The first-order valence-corrected chi connectivity index (χ1v) is 6.64. The molecule has 0 unspecified atom stereocenters. The highest BCUT2D eigenvalue weighted by molar-refractivity contribution is 5.79. The number of aryl methyl sites for hydroxylation is 1. The van der Waals surface area contributed by atoms with E-state index in [1.165, 1.54) is 0 Å². The summed E-state index contributed by atoms with van der Waals surface area (Å²) in [5.74, 6) is 0. The van der Waals surface area contributed by atoms with E-state index in [1.807, 2.05) is 31.3 Å². The van der Waals surface area contributed by atoms with Crippen LogP contribution >= 0.6 is 0 Å². The average Bonchev–Trinajstić information content (AvgIpc) is 2.34. The van der Waals surface area contributed by atoms with Crippen LogP contribution in [0.4, 0.5) is 0 Å². The second-order valence-electron chi connectivity index (χ2n) is 6.11. The molecule has 0 aliphatic carbocycles. The van der Waals surface area contributed by atoms with Crippen LogP contribution in [0, 0.1) is 6.92 Å². The Hall–Kier alpha value is -1.45. The highest BCUT2D eigenvalue weighted by Gasteiger charge is 2.13. The van der Waals surface area contributed by atoms with Crippen LogP contribution in [-0.2, 0) is 0 Å². The molecule has 2 rings (SSSR count). The van der Waals surface area contributed by atoms with Gasteiger partial charge in [0.1, 0.15) is 0 Å². The highest BCUT2D eigenvalue weighted by atomic mass is 16.3. The number of benzene rings is 1. The molecule has 0 aliphatic heterocycles. The third kappa shape index (κ3) is 3.75. The van der Waals surface area contributed by atoms with E-state index < -0.39 is 6.10 Å². The third-order valence-electron chi connectivity index (χ3n) is 3.05. The fraction of sp³-hybridized carbons (Fsp3) is 0.438. The predicted molar refractivity (Wildman–Crippen MR) is 79.2 cm³/mol. The van der Waals surface area contributed by atoms with E-state index in [0.717, 1.165) is 22.0 Å². The maximum Gasteiger partial charge on any atom is 0.0914 e. The molecule has 1 atom stereocenters. The van der Waals surface area contributed by atoms with Crippen molar-refractivity contribution < 1.29 is 5.11 Å². The van der Waals surface area contributed by atoms with Crippen molar-refractivity contribution in [3.8, 4) is 0 Å². The Morgan fingerprint density at radius 2 is 2.00 bits per heavy atom. The van der Waals surface area contributed by atoms with Gasteiger partial charge in [0.2, 0.25) is 0 Å². The number of aliphatic hydroxyl groups excluding tert-OH is 1. The monoisotopic (exact) mass is 258 g/mol. The molecular weight excluding hydrogens is 236 g/mol. The second-order valence-corrected chi connectivity index (χ2v) is 6.11. The number of nitrogens with one attached hydrogen (secondary N) is 1. The van der Waals surface area contributed by atoms with E-state index in [2.05, 4.69) is 37.1 Å². The highest BCUT2D eigenvalue weighted by Crippen LogP contribution is 2.20. The van der Waals surface area contributed by atoms with Crippen LogP contribution in [-0.4, -0.2) is 22.2 Å². The van der Waals surface area contributed by atoms with Crippen LogP contribution in [0.25, 0.3) is 10.9 Å². The van der Waals surface area contributed by atoms with Gasteiger partial charge in [-0.05, 0) is 57.0 Å². The van der Waals surface area contributed by atoms with Crippen LogP contribution < -0.4 is 5.32 Å².